The van der Waals surface area contributed by atoms with Gasteiger partial charge in [0.05, 0.1) is 12.3 Å². The van der Waals surface area contributed by atoms with Crippen LogP contribution in [0, 0.1) is 0 Å². The Hall–Kier alpha value is -1.53. The number of nitrogens with two attached hydrogens (primary N) is 1. The zero-order chi connectivity index (χ0) is 14.2. The van der Waals surface area contributed by atoms with Crippen molar-refractivity contribution >= 4 is 17.3 Å². The summed E-state index contributed by atoms with van der Waals surface area (Å²) in [5, 5.41) is 19.9. The summed E-state index contributed by atoms with van der Waals surface area (Å²) in [7, 11) is 0. The summed E-state index contributed by atoms with van der Waals surface area (Å²) in [6, 6.07) is 3.66. The second kappa shape index (κ2) is 5.10. The highest BCUT2D eigenvalue weighted by Gasteiger charge is 2.39. The van der Waals surface area contributed by atoms with Crippen LogP contribution < -0.4 is 15.5 Å². The number of hydrogen-bond acceptors (Lipinski definition) is 6. The van der Waals surface area contributed by atoms with Crippen LogP contribution in [0.2, 0.25) is 0 Å². The predicted molar refractivity (Wildman–Crippen MR) is 78.7 cm³/mol. The summed E-state index contributed by atoms with van der Waals surface area (Å²) in [5.41, 5.74) is 5.51. The molecule has 3 rings (SSSR count). The summed E-state index contributed by atoms with van der Waals surface area (Å²) in [6.45, 7) is 2.38. The van der Waals surface area contributed by atoms with Crippen molar-refractivity contribution in [3.63, 3.8) is 0 Å². The molecular weight excluding hydrogens is 256 g/mol. The second-order valence-corrected chi connectivity index (χ2v) is 5.67. The first-order valence-electron chi connectivity index (χ1n) is 7.26. The maximum Gasteiger partial charge on any atom is 0.162 e. The highest BCUT2D eigenvalue weighted by molar-refractivity contribution is 5.67. The molecule has 1 aromatic rings. The Bertz CT molecular complexity index is 490. The van der Waals surface area contributed by atoms with Crippen molar-refractivity contribution in [2.24, 2.45) is 0 Å². The molecule has 0 bridgehead atoms. The third kappa shape index (κ3) is 2.19. The molecule has 1 aromatic heterocycles. The minimum absolute atomic E-state index is 0.280. The van der Waals surface area contributed by atoms with Crippen molar-refractivity contribution in [1.29, 1.82) is 0 Å². The maximum absolute atomic E-state index is 10.4. The number of nitrogens with zero attached hydrogens (tertiary/aromatic N) is 3. The van der Waals surface area contributed by atoms with E-state index >= 15 is 0 Å². The first-order valence-corrected chi connectivity index (χ1v) is 7.26. The lowest BCUT2D eigenvalue weighted by Gasteiger charge is -2.33. The van der Waals surface area contributed by atoms with Crippen molar-refractivity contribution in [1.82, 2.24) is 4.98 Å². The monoisotopic (exact) mass is 278 g/mol. The smallest absolute Gasteiger partial charge is 0.162 e. The minimum Gasteiger partial charge on any atom is -0.396 e. The van der Waals surface area contributed by atoms with E-state index in [-0.39, 0.29) is 6.61 Å². The molecule has 2 aliphatic rings. The van der Waals surface area contributed by atoms with Crippen LogP contribution in [0.3, 0.4) is 0 Å². The number of pyridine rings is 1. The van der Waals surface area contributed by atoms with Crippen LogP contribution in [0.15, 0.2) is 12.1 Å². The fourth-order valence-corrected chi connectivity index (χ4v) is 3.14. The van der Waals surface area contributed by atoms with Gasteiger partial charge in [0.15, 0.2) is 11.5 Å². The molecule has 0 amide bonds. The number of anilines is 3. The number of aromatic nitrogens is 1. The lowest BCUT2D eigenvalue weighted by molar-refractivity contribution is -0.00543. The van der Waals surface area contributed by atoms with Gasteiger partial charge in [-0.15, -0.1) is 0 Å². The first kappa shape index (κ1) is 13.5. The molecule has 0 aromatic carbocycles. The van der Waals surface area contributed by atoms with Gasteiger partial charge in [-0.05, 0) is 37.8 Å². The van der Waals surface area contributed by atoms with Gasteiger partial charge in [0, 0.05) is 19.6 Å². The van der Waals surface area contributed by atoms with Crippen molar-refractivity contribution in [2.45, 2.75) is 31.4 Å². The molecular formula is C14H22N4O2. The van der Waals surface area contributed by atoms with Crippen LogP contribution in [0.1, 0.15) is 25.7 Å². The van der Waals surface area contributed by atoms with Crippen LogP contribution in [-0.4, -0.2) is 47.2 Å². The van der Waals surface area contributed by atoms with Gasteiger partial charge in [0.2, 0.25) is 0 Å². The van der Waals surface area contributed by atoms with E-state index in [1.807, 2.05) is 12.1 Å². The third-order valence-corrected chi connectivity index (χ3v) is 4.29. The topological polar surface area (TPSA) is 85.8 Å². The van der Waals surface area contributed by atoms with Crippen molar-refractivity contribution in [2.75, 3.05) is 41.8 Å². The zero-order valence-electron chi connectivity index (χ0n) is 11.6. The number of aliphatic hydroxyl groups excluding tert-OH is 1. The second-order valence-electron chi connectivity index (χ2n) is 5.67. The summed E-state index contributed by atoms with van der Waals surface area (Å²) in [4.78, 5) is 8.61. The summed E-state index contributed by atoms with van der Waals surface area (Å²) in [5.74, 6) is 1.49. The molecule has 3 heterocycles. The summed E-state index contributed by atoms with van der Waals surface area (Å²) >= 11 is 0. The molecule has 1 unspecified atom stereocenters. The van der Waals surface area contributed by atoms with E-state index in [2.05, 4.69) is 9.88 Å². The molecule has 2 saturated heterocycles. The van der Waals surface area contributed by atoms with Crippen molar-refractivity contribution in [3.05, 3.63) is 12.1 Å². The van der Waals surface area contributed by atoms with Crippen molar-refractivity contribution in [3.8, 4) is 0 Å². The van der Waals surface area contributed by atoms with E-state index < -0.39 is 5.72 Å². The average Bonchev–Trinajstić information content (AvgIpc) is 3.09. The average molecular weight is 278 g/mol. The Balaban J connectivity index is 1.92. The van der Waals surface area contributed by atoms with E-state index in [1.165, 1.54) is 0 Å². The quantitative estimate of drug-likeness (QED) is 0.748. The van der Waals surface area contributed by atoms with E-state index in [0.29, 0.717) is 24.5 Å². The lowest BCUT2D eigenvalue weighted by atomic mass is 10.1. The molecule has 0 aliphatic carbocycles. The van der Waals surface area contributed by atoms with Gasteiger partial charge in [-0.1, -0.05) is 0 Å². The van der Waals surface area contributed by atoms with Gasteiger partial charge >= 0.3 is 0 Å². The predicted octanol–water partition coefficient (Wildman–Crippen LogP) is 0.545. The summed E-state index contributed by atoms with van der Waals surface area (Å²) < 4.78 is 0. The van der Waals surface area contributed by atoms with Crippen molar-refractivity contribution < 1.29 is 10.2 Å². The molecule has 1 atom stereocenters. The van der Waals surface area contributed by atoms with E-state index in [1.54, 1.807) is 4.90 Å². The molecule has 0 radical (unpaired) electrons. The zero-order valence-corrected chi connectivity index (χ0v) is 11.6. The molecule has 0 saturated carbocycles. The Morgan fingerprint density at radius 3 is 2.65 bits per heavy atom. The van der Waals surface area contributed by atoms with Crippen LogP contribution >= 0.6 is 0 Å². The van der Waals surface area contributed by atoms with Gasteiger partial charge in [-0.3, -0.25) is 0 Å². The van der Waals surface area contributed by atoms with Crippen LogP contribution in [-0.2, 0) is 0 Å². The van der Waals surface area contributed by atoms with Gasteiger partial charge in [0.1, 0.15) is 5.82 Å². The standard InChI is InChI=1S/C14H22N4O2/c15-11-4-5-12(16-13(11)17-7-1-2-8-17)18-9-3-6-14(18,20)10-19/h4-5,19-20H,1-3,6-10,15H2. The number of aliphatic hydroxyl groups is 2. The fourth-order valence-electron chi connectivity index (χ4n) is 3.14. The normalized spacial score (nSPS) is 26.5. The molecule has 6 nitrogen and oxygen atoms in total. The Labute approximate surface area is 118 Å². The molecule has 4 N–H and O–H groups in total. The number of nitrogen functional groups attached to an aromatic ring is 1. The fraction of sp³-hybridized carbons (Fsp3) is 0.643. The Morgan fingerprint density at radius 1 is 1.20 bits per heavy atom. The molecule has 6 heteroatoms. The molecule has 20 heavy (non-hydrogen) atoms. The third-order valence-electron chi connectivity index (χ3n) is 4.29. The minimum atomic E-state index is -1.19. The van der Waals surface area contributed by atoms with Gasteiger partial charge in [-0.2, -0.15) is 0 Å². The van der Waals surface area contributed by atoms with Gasteiger partial charge < -0.3 is 25.7 Å². The van der Waals surface area contributed by atoms with E-state index in [0.717, 1.165) is 38.2 Å². The molecule has 2 fully saturated rings. The van der Waals surface area contributed by atoms with Crippen LogP contribution in [0.4, 0.5) is 17.3 Å². The SMILES string of the molecule is Nc1ccc(N2CCCC2(O)CO)nc1N1CCCC1. The number of hydrogen-bond donors (Lipinski definition) is 3. The van der Waals surface area contributed by atoms with E-state index in [9.17, 15) is 10.2 Å². The lowest BCUT2D eigenvalue weighted by Crippen LogP contribution is -2.47. The highest BCUT2D eigenvalue weighted by atomic mass is 16.4. The first-order chi connectivity index (χ1) is 9.64. The molecule has 0 spiro atoms. The summed E-state index contributed by atoms with van der Waals surface area (Å²) in [6.07, 6.45) is 3.74. The number of rotatable bonds is 3. The van der Waals surface area contributed by atoms with Gasteiger partial charge in [0.25, 0.3) is 0 Å². The Kier molecular flexibility index (Phi) is 3.43. The Morgan fingerprint density at radius 2 is 1.95 bits per heavy atom. The highest BCUT2D eigenvalue weighted by Crippen LogP contribution is 2.34. The maximum atomic E-state index is 10.4. The van der Waals surface area contributed by atoms with Crippen LogP contribution in [0.25, 0.3) is 0 Å². The van der Waals surface area contributed by atoms with Crippen LogP contribution in [0.5, 0.6) is 0 Å². The van der Waals surface area contributed by atoms with Gasteiger partial charge in [-0.25, -0.2) is 4.98 Å². The largest absolute Gasteiger partial charge is 0.396 e. The molecule has 110 valence electrons. The van der Waals surface area contributed by atoms with E-state index in [4.69, 9.17) is 5.73 Å². The molecule has 2 aliphatic heterocycles.